The van der Waals surface area contributed by atoms with E-state index in [2.05, 4.69) is 5.32 Å². The molecule has 2 heterocycles. The van der Waals surface area contributed by atoms with Crippen molar-refractivity contribution in [1.29, 1.82) is 0 Å². The Bertz CT molecular complexity index is 1400. The zero-order valence-electron chi connectivity index (χ0n) is 19.4. The van der Waals surface area contributed by atoms with Crippen LogP contribution in [-0.2, 0) is 17.9 Å². The van der Waals surface area contributed by atoms with Gasteiger partial charge in [-0.3, -0.25) is 14.2 Å². The van der Waals surface area contributed by atoms with Gasteiger partial charge in [0.1, 0.15) is 5.82 Å². The van der Waals surface area contributed by atoms with Crippen molar-refractivity contribution in [2.75, 3.05) is 18.0 Å². The number of nitrogens with one attached hydrogen (secondary N) is 1. The van der Waals surface area contributed by atoms with Gasteiger partial charge in [0.15, 0.2) is 5.82 Å². The molecule has 1 aliphatic heterocycles. The van der Waals surface area contributed by atoms with Gasteiger partial charge in [-0.05, 0) is 36.6 Å². The molecule has 0 spiro atoms. The number of rotatable bonds is 6. The van der Waals surface area contributed by atoms with E-state index in [1.807, 2.05) is 59.5 Å². The van der Waals surface area contributed by atoms with E-state index < -0.39 is 0 Å². The average Bonchev–Trinajstić information content (AvgIpc) is 2.90. The van der Waals surface area contributed by atoms with E-state index in [4.69, 9.17) is 4.98 Å². The van der Waals surface area contributed by atoms with E-state index in [-0.39, 0.29) is 29.7 Å². The van der Waals surface area contributed by atoms with Crippen molar-refractivity contribution in [3.8, 4) is 0 Å². The highest BCUT2D eigenvalue weighted by atomic mass is 19.1. The second-order valence-electron chi connectivity index (χ2n) is 8.90. The Morgan fingerprint density at radius 1 is 1.00 bits per heavy atom. The molecule has 1 N–H and O–H groups in total. The fraction of sp³-hybridized carbons (Fsp3) is 0.250. The standard InChI is InChI=1S/C28H27FN4O2/c29-23-13-5-4-11-21(23)17-30-27(34)22-12-8-16-32(19-22)26-28(35)33(18-20-9-2-1-3-10-20)25-15-7-6-14-24(25)31-26/h1-7,9-11,13-15,22H,8,12,16-19H2,(H,30,34)/t22-/m1/s1. The Balaban J connectivity index is 1.39. The minimum atomic E-state index is -0.336. The smallest absolute Gasteiger partial charge is 0.294 e. The molecule has 0 unspecified atom stereocenters. The molecule has 0 radical (unpaired) electrons. The summed E-state index contributed by atoms with van der Waals surface area (Å²) in [5, 5.41) is 2.86. The number of piperidine rings is 1. The first kappa shape index (κ1) is 22.8. The second-order valence-corrected chi connectivity index (χ2v) is 8.90. The maximum atomic E-state index is 13.9. The zero-order valence-corrected chi connectivity index (χ0v) is 19.4. The van der Waals surface area contributed by atoms with Crippen LogP contribution in [0.1, 0.15) is 24.0 Å². The number of fused-ring (bicyclic) bond motifs is 1. The van der Waals surface area contributed by atoms with Crippen LogP contribution in [0.15, 0.2) is 83.7 Å². The van der Waals surface area contributed by atoms with Crippen molar-refractivity contribution in [1.82, 2.24) is 14.9 Å². The highest BCUT2D eigenvalue weighted by molar-refractivity contribution is 5.80. The lowest BCUT2D eigenvalue weighted by molar-refractivity contribution is -0.125. The molecule has 7 heteroatoms. The highest BCUT2D eigenvalue weighted by Gasteiger charge is 2.28. The maximum absolute atomic E-state index is 13.9. The SMILES string of the molecule is O=C(NCc1ccccc1F)[C@@H]1CCCN(c2nc3ccccc3n(Cc3ccccc3)c2=O)C1. The van der Waals surface area contributed by atoms with Crippen LogP contribution in [0.25, 0.3) is 11.0 Å². The number of hydrogen-bond donors (Lipinski definition) is 1. The number of aromatic nitrogens is 2. The number of anilines is 1. The summed E-state index contributed by atoms with van der Waals surface area (Å²) in [7, 11) is 0. The first-order chi connectivity index (χ1) is 17.1. The second kappa shape index (κ2) is 10.1. The summed E-state index contributed by atoms with van der Waals surface area (Å²) < 4.78 is 15.7. The number of para-hydroxylation sites is 2. The van der Waals surface area contributed by atoms with E-state index in [9.17, 15) is 14.0 Å². The molecule has 6 nitrogen and oxygen atoms in total. The predicted octanol–water partition coefficient (Wildman–Crippen LogP) is 4.12. The molecule has 1 atom stereocenters. The molecule has 1 amide bonds. The molecule has 3 aromatic carbocycles. The largest absolute Gasteiger partial charge is 0.352 e. The number of benzene rings is 3. The van der Waals surface area contributed by atoms with E-state index >= 15 is 0 Å². The van der Waals surface area contributed by atoms with Crippen molar-refractivity contribution in [2.45, 2.75) is 25.9 Å². The molecule has 178 valence electrons. The predicted molar refractivity (Wildman–Crippen MR) is 135 cm³/mol. The van der Waals surface area contributed by atoms with Crippen molar-refractivity contribution in [2.24, 2.45) is 5.92 Å². The van der Waals surface area contributed by atoms with Gasteiger partial charge in [-0.25, -0.2) is 9.37 Å². The molecule has 1 aliphatic rings. The Kier molecular flexibility index (Phi) is 6.57. The quantitative estimate of drug-likeness (QED) is 0.461. The van der Waals surface area contributed by atoms with Crippen molar-refractivity contribution >= 4 is 22.8 Å². The molecule has 0 saturated carbocycles. The number of hydrogen-bond acceptors (Lipinski definition) is 4. The summed E-state index contributed by atoms with van der Waals surface area (Å²) in [5.41, 5.74) is 2.83. The van der Waals surface area contributed by atoms with Crippen LogP contribution >= 0.6 is 0 Å². The Morgan fingerprint density at radius 2 is 1.74 bits per heavy atom. The lowest BCUT2D eigenvalue weighted by atomic mass is 9.97. The Morgan fingerprint density at radius 3 is 2.57 bits per heavy atom. The minimum Gasteiger partial charge on any atom is -0.352 e. The lowest BCUT2D eigenvalue weighted by Crippen LogP contribution is -2.45. The Hall–Kier alpha value is -4.00. The van der Waals surface area contributed by atoms with Crippen LogP contribution in [0.2, 0.25) is 0 Å². The number of halogens is 1. The maximum Gasteiger partial charge on any atom is 0.294 e. The van der Waals surface area contributed by atoms with Crippen LogP contribution in [0.4, 0.5) is 10.2 Å². The van der Waals surface area contributed by atoms with Gasteiger partial charge in [0.25, 0.3) is 5.56 Å². The summed E-state index contributed by atoms with van der Waals surface area (Å²) in [4.78, 5) is 33.2. The van der Waals surface area contributed by atoms with Gasteiger partial charge in [0.2, 0.25) is 5.91 Å². The van der Waals surface area contributed by atoms with E-state index in [1.54, 1.807) is 22.8 Å². The van der Waals surface area contributed by atoms with Crippen LogP contribution in [0.5, 0.6) is 0 Å². The summed E-state index contributed by atoms with van der Waals surface area (Å²) in [6.45, 7) is 1.63. The molecule has 4 aromatic rings. The van der Waals surface area contributed by atoms with Gasteiger partial charge in [-0.2, -0.15) is 0 Å². The summed E-state index contributed by atoms with van der Waals surface area (Å²) >= 11 is 0. The van der Waals surface area contributed by atoms with E-state index in [0.717, 1.165) is 23.0 Å². The lowest BCUT2D eigenvalue weighted by Gasteiger charge is -2.32. The average molecular weight is 471 g/mol. The highest BCUT2D eigenvalue weighted by Crippen LogP contribution is 2.22. The van der Waals surface area contributed by atoms with E-state index in [0.29, 0.717) is 37.4 Å². The van der Waals surface area contributed by atoms with Gasteiger partial charge >= 0.3 is 0 Å². The third-order valence-corrected chi connectivity index (χ3v) is 6.52. The van der Waals surface area contributed by atoms with Crippen LogP contribution in [0.3, 0.4) is 0 Å². The van der Waals surface area contributed by atoms with Crippen LogP contribution in [0, 0.1) is 11.7 Å². The van der Waals surface area contributed by atoms with E-state index in [1.165, 1.54) is 6.07 Å². The van der Waals surface area contributed by atoms with Gasteiger partial charge in [0.05, 0.1) is 23.5 Å². The fourth-order valence-corrected chi connectivity index (χ4v) is 4.66. The zero-order chi connectivity index (χ0) is 24.2. The third-order valence-electron chi connectivity index (χ3n) is 6.52. The molecule has 0 bridgehead atoms. The summed E-state index contributed by atoms with van der Waals surface area (Å²) in [6, 6.07) is 23.9. The van der Waals surface area contributed by atoms with Crippen molar-refractivity contribution in [3.63, 3.8) is 0 Å². The van der Waals surface area contributed by atoms with Crippen molar-refractivity contribution in [3.05, 3.63) is 106 Å². The first-order valence-corrected chi connectivity index (χ1v) is 11.9. The fourth-order valence-electron chi connectivity index (χ4n) is 4.66. The van der Waals surface area contributed by atoms with Gasteiger partial charge in [-0.15, -0.1) is 0 Å². The third kappa shape index (κ3) is 4.94. The summed E-state index contributed by atoms with van der Waals surface area (Å²) in [6.07, 6.45) is 1.48. The topological polar surface area (TPSA) is 67.2 Å². The Labute approximate surface area is 203 Å². The number of amides is 1. The molecule has 1 aromatic heterocycles. The first-order valence-electron chi connectivity index (χ1n) is 11.9. The summed E-state index contributed by atoms with van der Waals surface area (Å²) in [5.74, 6) is -0.405. The molecule has 0 aliphatic carbocycles. The molecular formula is C28H27FN4O2. The number of nitrogens with zero attached hydrogens (tertiary/aromatic N) is 3. The number of carbonyl (C=O) groups is 1. The van der Waals surface area contributed by atoms with Gasteiger partial charge in [0, 0.05) is 25.2 Å². The minimum absolute atomic E-state index is 0.136. The monoisotopic (exact) mass is 470 g/mol. The molecule has 1 fully saturated rings. The molecule has 5 rings (SSSR count). The molecule has 1 saturated heterocycles. The van der Waals surface area contributed by atoms with Crippen LogP contribution in [-0.4, -0.2) is 28.5 Å². The van der Waals surface area contributed by atoms with Crippen LogP contribution < -0.4 is 15.8 Å². The molecule has 35 heavy (non-hydrogen) atoms. The van der Waals surface area contributed by atoms with Gasteiger partial charge < -0.3 is 10.2 Å². The number of carbonyl (C=O) groups excluding carboxylic acids is 1. The van der Waals surface area contributed by atoms with Crippen molar-refractivity contribution < 1.29 is 9.18 Å². The van der Waals surface area contributed by atoms with Gasteiger partial charge in [-0.1, -0.05) is 60.7 Å². The normalized spacial score (nSPS) is 15.8. The molecular weight excluding hydrogens is 443 g/mol.